The molecule has 1 saturated heterocycles. The zero-order valence-corrected chi connectivity index (χ0v) is 18.1. The van der Waals surface area contributed by atoms with Gasteiger partial charge in [-0.15, -0.1) is 0 Å². The van der Waals surface area contributed by atoms with Crippen LogP contribution in [0.25, 0.3) is 0 Å². The predicted octanol–water partition coefficient (Wildman–Crippen LogP) is 1.30. The van der Waals surface area contributed by atoms with Gasteiger partial charge in [0.1, 0.15) is 11.7 Å². The number of carbonyl (C=O) groups excluding carboxylic acids is 3. The lowest BCUT2D eigenvalue weighted by molar-refractivity contribution is -0.134. The van der Waals surface area contributed by atoms with E-state index in [2.05, 4.69) is 20.6 Å². The first kappa shape index (κ1) is 21.8. The van der Waals surface area contributed by atoms with Crippen LogP contribution in [0, 0.1) is 5.82 Å². The zero-order valence-electron chi connectivity index (χ0n) is 18.1. The number of H-pyrrole nitrogens is 1. The Morgan fingerprint density at radius 2 is 2.03 bits per heavy atom. The van der Waals surface area contributed by atoms with Crippen molar-refractivity contribution in [3.8, 4) is 0 Å². The summed E-state index contributed by atoms with van der Waals surface area (Å²) in [6.07, 6.45) is 2.47. The van der Waals surface area contributed by atoms with Crippen LogP contribution in [0.15, 0.2) is 60.9 Å². The minimum atomic E-state index is -1.06. The number of halogens is 1. The number of benzene rings is 1. The molecule has 10 heteroatoms. The van der Waals surface area contributed by atoms with Crippen LogP contribution >= 0.6 is 0 Å². The summed E-state index contributed by atoms with van der Waals surface area (Å²) in [6, 6.07) is 12.6. The van der Waals surface area contributed by atoms with E-state index in [-0.39, 0.29) is 31.0 Å². The van der Waals surface area contributed by atoms with E-state index in [1.54, 1.807) is 24.4 Å². The van der Waals surface area contributed by atoms with Crippen molar-refractivity contribution >= 4 is 23.4 Å². The topological polar surface area (TPSA) is 133 Å². The number of pyridine rings is 1. The maximum Gasteiger partial charge on any atom is 0.271 e. The van der Waals surface area contributed by atoms with Crippen LogP contribution in [-0.2, 0) is 21.4 Å². The normalized spacial score (nSPS) is 21.9. The Bertz CT molecular complexity index is 1260. The second-order valence-electron chi connectivity index (χ2n) is 8.57. The number of hydrogen-bond acceptors (Lipinski definition) is 5. The Labute approximate surface area is 194 Å². The van der Waals surface area contributed by atoms with Crippen LogP contribution in [0.3, 0.4) is 0 Å². The number of nitrogens with zero attached hydrogens (tertiary/aromatic N) is 2. The Morgan fingerprint density at radius 3 is 2.76 bits per heavy atom. The summed E-state index contributed by atoms with van der Waals surface area (Å²) >= 11 is 0. The van der Waals surface area contributed by atoms with Crippen molar-refractivity contribution in [1.82, 2.24) is 20.2 Å². The van der Waals surface area contributed by atoms with Gasteiger partial charge in [0, 0.05) is 43.2 Å². The molecule has 2 aliphatic rings. The van der Waals surface area contributed by atoms with Gasteiger partial charge in [-0.05, 0) is 29.8 Å². The van der Waals surface area contributed by atoms with E-state index < -0.39 is 35.3 Å². The van der Waals surface area contributed by atoms with Gasteiger partial charge in [-0.25, -0.2) is 4.39 Å². The molecule has 174 valence electrons. The van der Waals surface area contributed by atoms with Crippen LogP contribution in [0.4, 0.5) is 10.1 Å². The third-order valence-electron chi connectivity index (χ3n) is 6.47. The van der Waals surface area contributed by atoms with Gasteiger partial charge in [0.15, 0.2) is 5.82 Å². The number of nitrogens with two attached hydrogens (primary N) is 1. The summed E-state index contributed by atoms with van der Waals surface area (Å²) in [4.78, 5) is 47.6. The Balaban J connectivity index is 1.43. The van der Waals surface area contributed by atoms with Crippen LogP contribution < -0.4 is 16.4 Å². The molecule has 34 heavy (non-hydrogen) atoms. The van der Waals surface area contributed by atoms with Gasteiger partial charge in [0.2, 0.25) is 11.8 Å². The van der Waals surface area contributed by atoms with Gasteiger partial charge < -0.3 is 26.3 Å². The van der Waals surface area contributed by atoms with Crippen molar-refractivity contribution < 1.29 is 18.8 Å². The van der Waals surface area contributed by atoms with Crippen molar-refractivity contribution in [2.45, 2.75) is 30.5 Å². The lowest BCUT2D eigenvalue weighted by Gasteiger charge is -2.28. The van der Waals surface area contributed by atoms with Crippen LogP contribution in [0.5, 0.6) is 0 Å². The molecule has 2 aliphatic heterocycles. The molecular formula is C24H23FN6O3. The van der Waals surface area contributed by atoms with Gasteiger partial charge in [0.25, 0.3) is 5.91 Å². The molecule has 2 aromatic heterocycles. The molecule has 5 N–H and O–H groups in total. The fourth-order valence-corrected chi connectivity index (χ4v) is 4.80. The molecular weight excluding hydrogens is 439 g/mol. The summed E-state index contributed by atoms with van der Waals surface area (Å²) in [5.41, 5.74) is 7.20. The first-order chi connectivity index (χ1) is 16.4. The number of fused-ring (bicyclic) bond motifs is 2. The number of amides is 3. The first-order valence-corrected chi connectivity index (χ1v) is 10.9. The molecule has 1 aromatic carbocycles. The SMILES string of the molecule is N[C@@H]1C[C@@]2(CN1C(=O)[C@H](Cc1ccccn1)NC(=O)c1[nH]ccc1F)C(=O)Nc1ccccc12. The fraction of sp³-hybridized carbons (Fsp3) is 0.250. The number of hydrogen-bond donors (Lipinski definition) is 4. The molecule has 4 heterocycles. The standard InChI is InChI=1S/C24H23FN6O3/c25-16-8-10-28-20(16)21(32)29-18(11-14-5-3-4-9-27-14)22(33)31-13-24(12-19(31)26)15-6-1-2-7-17(15)30-23(24)34/h1-10,18-19,28H,11-13,26H2,(H,29,32)(H,30,34)/t18-,19-,24-/m0/s1. The molecule has 5 rings (SSSR count). The molecule has 0 bridgehead atoms. The van der Waals surface area contributed by atoms with Crippen LogP contribution in [0.2, 0.25) is 0 Å². The van der Waals surface area contributed by atoms with Crippen molar-refractivity contribution in [3.05, 3.63) is 83.7 Å². The minimum Gasteiger partial charge on any atom is -0.355 e. The highest BCUT2D eigenvalue weighted by atomic mass is 19.1. The number of rotatable bonds is 5. The smallest absolute Gasteiger partial charge is 0.271 e. The van der Waals surface area contributed by atoms with Crippen molar-refractivity contribution in [2.24, 2.45) is 5.73 Å². The van der Waals surface area contributed by atoms with E-state index in [1.807, 2.05) is 24.3 Å². The molecule has 0 saturated carbocycles. The number of likely N-dealkylation sites (tertiary alicyclic amines) is 1. The van der Waals surface area contributed by atoms with Gasteiger partial charge >= 0.3 is 0 Å². The van der Waals surface area contributed by atoms with E-state index in [1.165, 1.54) is 11.1 Å². The average molecular weight is 462 g/mol. The van der Waals surface area contributed by atoms with E-state index in [4.69, 9.17) is 5.73 Å². The number of anilines is 1. The van der Waals surface area contributed by atoms with Crippen molar-refractivity contribution in [2.75, 3.05) is 11.9 Å². The van der Waals surface area contributed by atoms with Crippen molar-refractivity contribution in [1.29, 1.82) is 0 Å². The molecule has 3 atom stereocenters. The van der Waals surface area contributed by atoms with Crippen LogP contribution in [-0.4, -0.2) is 51.3 Å². The van der Waals surface area contributed by atoms with Gasteiger partial charge in [0.05, 0.1) is 11.6 Å². The summed E-state index contributed by atoms with van der Waals surface area (Å²) in [7, 11) is 0. The van der Waals surface area contributed by atoms with E-state index >= 15 is 0 Å². The van der Waals surface area contributed by atoms with E-state index in [0.717, 1.165) is 11.6 Å². The molecule has 1 spiro atoms. The fourth-order valence-electron chi connectivity index (χ4n) is 4.80. The Hall–Kier alpha value is -4.05. The number of carbonyl (C=O) groups is 3. The number of nitrogens with one attached hydrogen (secondary N) is 3. The molecule has 3 aromatic rings. The first-order valence-electron chi connectivity index (χ1n) is 10.9. The maximum atomic E-state index is 14.0. The molecule has 3 amide bonds. The van der Waals surface area contributed by atoms with Crippen LogP contribution in [0.1, 0.15) is 28.2 Å². The molecule has 0 unspecified atom stereocenters. The minimum absolute atomic E-state index is 0.0707. The van der Waals surface area contributed by atoms with Gasteiger partial charge in [-0.3, -0.25) is 19.4 Å². The van der Waals surface area contributed by atoms with E-state index in [9.17, 15) is 18.8 Å². The Kier molecular flexibility index (Phi) is 5.37. The highest BCUT2D eigenvalue weighted by molar-refractivity contribution is 6.07. The highest BCUT2D eigenvalue weighted by Gasteiger charge is 2.55. The van der Waals surface area contributed by atoms with Gasteiger partial charge in [-0.2, -0.15) is 0 Å². The monoisotopic (exact) mass is 462 g/mol. The quantitative estimate of drug-likeness (QED) is 0.454. The summed E-state index contributed by atoms with van der Waals surface area (Å²) < 4.78 is 14.0. The third-order valence-corrected chi connectivity index (χ3v) is 6.47. The third kappa shape index (κ3) is 3.61. The zero-order chi connectivity index (χ0) is 23.9. The largest absolute Gasteiger partial charge is 0.355 e. The number of para-hydroxylation sites is 1. The summed E-state index contributed by atoms with van der Waals surface area (Å²) in [6.45, 7) is 0.0707. The number of aromatic amines is 1. The number of aromatic nitrogens is 2. The predicted molar refractivity (Wildman–Crippen MR) is 121 cm³/mol. The summed E-state index contributed by atoms with van der Waals surface area (Å²) in [5.74, 6) is -2.16. The van der Waals surface area contributed by atoms with Gasteiger partial charge in [-0.1, -0.05) is 24.3 Å². The maximum absolute atomic E-state index is 14.0. The Morgan fingerprint density at radius 1 is 1.24 bits per heavy atom. The molecule has 9 nitrogen and oxygen atoms in total. The highest BCUT2D eigenvalue weighted by Crippen LogP contribution is 2.45. The lowest BCUT2D eigenvalue weighted by atomic mass is 9.80. The average Bonchev–Trinajstić information content (AvgIpc) is 3.50. The molecule has 0 radical (unpaired) electrons. The molecule has 0 aliphatic carbocycles. The second-order valence-corrected chi connectivity index (χ2v) is 8.57. The lowest BCUT2D eigenvalue weighted by Crippen LogP contribution is -2.53. The molecule has 1 fully saturated rings. The van der Waals surface area contributed by atoms with E-state index in [0.29, 0.717) is 11.4 Å². The second kappa shape index (κ2) is 8.38. The summed E-state index contributed by atoms with van der Waals surface area (Å²) in [5, 5.41) is 5.50. The van der Waals surface area contributed by atoms with Crippen molar-refractivity contribution in [3.63, 3.8) is 0 Å².